The summed E-state index contributed by atoms with van der Waals surface area (Å²) in [7, 11) is 0. The van der Waals surface area contributed by atoms with Crippen molar-refractivity contribution in [3.05, 3.63) is 35.9 Å². The second-order valence-corrected chi connectivity index (χ2v) is 4.55. The minimum Gasteiger partial charge on any atom is -0.313 e. The van der Waals surface area contributed by atoms with Crippen molar-refractivity contribution < 1.29 is 0 Å². The van der Waals surface area contributed by atoms with Crippen LogP contribution >= 0.6 is 0 Å². The molecule has 0 radical (unpaired) electrons. The number of hydrogen-bond donors (Lipinski definition) is 1. The zero-order valence-corrected chi connectivity index (χ0v) is 9.58. The molecule has 0 heterocycles. The van der Waals surface area contributed by atoms with Gasteiger partial charge in [-0.1, -0.05) is 43.7 Å². The smallest absolute Gasteiger partial charge is 0.00673 e. The predicted octanol–water partition coefficient (Wildman–Crippen LogP) is 3.32. The van der Waals surface area contributed by atoms with E-state index in [0.717, 1.165) is 12.6 Å². The lowest BCUT2D eigenvalue weighted by Crippen LogP contribution is -2.37. The van der Waals surface area contributed by atoms with Crippen LogP contribution in [0.25, 0.3) is 0 Å². The quantitative estimate of drug-likeness (QED) is 0.774. The maximum atomic E-state index is 3.67. The van der Waals surface area contributed by atoms with E-state index in [2.05, 4.69) is 42.6 Å². The first kappa shape index (κ1) is 10.7. The molecular weight excluding hydrogens is 182 g/mol. The SMILES string of the molecule is CCC(CNC1CCC1)c1ccccc1. The summed E-state index contributed by atoms with van der Waals surface area (Å²) < 4.78 is 0. The molecule has 2 rings (SSSR count). The molecule has 82 valence electrons. The van der Waals surface area contributed by atoms with Crippen LogP contribution in [0.3, 0.4) is 0 Å². The number of hydrogen-bond acceptors (Lipinski definition) is 1. The van der Waals surface area contributed by atoms with E-state index in [1.54, 1.807) is 0 Å². The highest BCUT2D eigenvalue weighted by atomic mass is 14.9. The molecule has 0 saturated heterocycles. The third kappa shape index (κ3) is 2.82. The van der Waals surface area contributed by atoms with Gasteiger partial charge < -0.3 is 5.32 Å². The molecule has 1 aliphatic carbocycles. The van der Waals surface area contributed by atoms with Crippen LogP contribution in [0.15, 0.2) is 30.3 Å². The van der Waals surface area contributed by atoms with E-state index in [1.165, 1.54) is 31.2 Å². The average molecular weight is 203 g/mol. The molecule has 15 heavy (non-hydrogen) atoms. The number of nitrogens with one attached hydrogen (secondary N) is 1. The van der Waals surface area contributed by atoms with Crippen molar-refractivity contribution in [3.63, 3.8) is 0 Å². The van der Waals surface area contributed by atoms with Crippen LogP contribution in [0, 0.1) is 0 Å². The fourth-order valence-electron chi connectivity index (χ4n) is 2.14. The molecule has 0 amide bonds. The summed E-state index contributed by atoms with van der Waals surface area (Å²) in [4.78, 5) is 0. The predicted molar refractivity (Wildman–Crippen MR) is 65.1 cm³/mol. The van der Waals surface area contributed by atoms with Gasteiger partial charge in [-0.25, -0.2) is 0 Å². The van der Waals surface area contributed by atoms with Crippen molar-refractivity contribution in [2.75, 3.05) is 6.54 Å². The second-order valence-electron chi connectivity index (χ2n) is 4.55. The molecule has 1 atom stereocenters. The summed E-state index contributed by atoms with van der Waals surface area (Å²) in [5, 5.41) is 3.67. The standard InChI is InChI=1S/C14H21N/c1-2-12(11-15-14-9-6-10-14)13-7-4-3-5-8-13/h3-5,7-8,12,14-15H,2,6,9-11H2,1H3. The Morgan fingerprint density at radius 2 is 2.00 bits per heavy atom. The van der Waals surface area contributed by atoms with Crippen LogP contribution in [0.1, 0.15) is 44.1 Å². The molecule has 0 aliphatic heterocycles. The van der Waals surface area contributed by atoms with E-state index in [4.69, 9.17) is 0 Å². The minimum atomic E-state index is 0.687. The van der Waals surface area contributed by atoms with Crippen molar-refractivity contribution in [2.45, 2.75) is 44.6 Å². The lowest BCUT2D eigenvalue weighted by Gasteiger charge is -2.28. The molecule has 1 aromatic carbocycles. The summed E-state index contributed by atoms with van der Waals surface area (Å²) >= 11 is 0. The molecule has 1 fully saturated rings. The van der Waals surface area contributed by atoms with Gasteiger partial charge in [0.05, 0.1) is 0 Å². The van der Waals surface area contributed by atoms with E-state index in [9.17, 15) is 0 Å². The van der Waals surface area contributed by atoms with Gasteiger partial charge in [0.1, 0.15) is 0 Å². The molecule has 0 spiro atoms. The molecule has 1 aromatic rings. The van der Waals surface area contributed by atoms with Gasteiger partial charge in [0.25, 0.3) is 0 Å². The van der Waals surface area contributed by atoms with Gasteiger partial charge >= 0.3 is 0 Å². The van der Waals surface area contributed by atoms with E-state index in [-0.39, 0.29) is 0 Å². The van der Waals surface area contributed by atoms with Crippen molar-refractivity contribution in [1.29, 1.82) is 0 Å². The van der Waals surface area contributed by atoms with Gasteiger partial charge in [-0.15, -0.1) is 0 Å². The highest BCUT2D eigenvalue weighted by molar-refractivity contribution is 5.19. The Morgan fingerprint density at radius 3 is 2.53 bits per heavy atom. The van der Waals surface area contributed by atoms with Gasteiger partial charge in [-0.3, -0.25) is 0 Å². The Labute approximate surface area is 92.9 Å². The highest BCUT2D eigenvalue weighted by Gasteiger charge is 2.18. The number of benzene rings is 1. The maximum Gasteiger partial charge on any atom is 0.00673 e. The Morgan fingerprint density at radius 1 is 1.27 bits per heavy atom. The molecule has 0 aromatic heterocycles. The van der Waals surface area contributed by atoms with E-state index in [0.29, 0.717) is 5.92 Å². The summed E-state index contributed by atoms with van der Waals surface area (Å²) in [6, 6.07) is 11.7. The van der Waals surface area contributed by atoms with Crippen LogP contribution < -0.4 is 5.32 Å². The molecule has 1 aliphatic rings. The first-order valence-corrected chi connectivity index (χ1v) is 6.18. The second kappa shape index (κ2) is 5.32. The van der Waals surface area contributed by atoms with Crippen LogP contribution in [0.4, 0.5) is 0 Å². The van der Waals surface area contributed by atoms with Crippen molar-refractivity contribution in [2.24, 2.45) is 0 Å². The van der Waals surface area contributed by atoms with Crippen LogP contribution in [-0.2, 0) is 0 Å². The Balaban J connectivity index is 1.86. The van der Waals surface area contributed by atoms with Gasteiger partial charge in [0.2, 0.25) is 0 Å². The van der Waals surface area contributed by atoms with Gasteiger partial charge in [-0.05, 0) is 30.7 Å². The van der Waals surface area contributed by atoms with Crippen LogP contribution in [0.5, 0.6) is 0 Å². The molecule has 1 saturated carbocycles. The van der Waals surface area contributed by atoms with E-state index < -0.39 is 0 Å². The fraction of sp³-hybridized carbons (Fsp3) is 0.571. The largest absolute Gasteiger partial charge is 0.313 e. The zero-order valence-electron chi connectivity index (χ0n) is 9.58. The molecule has 1 unspecified atom stereocenters. The monoisotopic (exact) mass is 203 g/mol. The first-order valence-electron chi connectivity index (χ1n) is 6.18. The van der Waals surface area contributed by atoms with Crippen LogP contribution in [-0.4, -0.2) is 12.6 Å². The first-order chi connectivity index (χ1) is 7.40. The normalized spacial score (nSPS) is 18.5. The van der Waals surface area contributed by atoms with Crippen molar-refractivity contribution in [3.8, 4) is 0 Å². The average Bonchev–Trinajstić information content (AvgIpc) is 2.23. The molecule has 0 bridgehead atoms. The van der Waals surface area contributed by atoms with Crippen LogP contribution in [0.2, 0.25) is 0 Å². The summed E-state index contributed by atoms with van der Waals surface area (Å²) in [6.07, 6.45) is 5.40. The third-order valence-electron chi connectivity index (χ3n) is 3.52. The zero-order chi connectivity index (χ0) is 10.5. The maximum absolute atomic E-state index is 3.67. The minimum absolute atomic E-state index is 0.687. The third-order valence-corrected chi connectivity index (χ3v) is 3.52. The highest BCUT2D eigenvalue weighted by Crippen LogP contribution is 2.22. The number of rotatable bonds is 5. The summed E-state index contributed by atoms with van der Waals surface area (Å²) in [6.45, 7) is 3.42. The van der Waals surface area contributed by atoms with Gasteiger partial charge in [0, 0.05) is 12.6 Å². The van der Waals surface area contributed by atoms with Gasteiger partial charge in [-0.2, -0.15) is 0 Å². The summed E-state index contributed by atoms with van der Waals surface area (Å²) in [5.74, 6) is 0.687. The Hall–Kier alpha value is -0.820. The van der Waals surface area contributed by atoms with Gasteiger partial charge in [0.15, 0.2) is 0 Å². The van der Waals surface area contributed by atoms with E-state index >= 15 is 0 Å². The van der Waals surface area contributed by atoms with E-state index in [1.807, 2.05) is 0 Å². The topological polar surface area (TPSA) is 12.0 Å². The summed E-state index contributed by atoms with van der Waals surface area (Å²) in [5.41, 5.74) is 1.48. The Bertz CT molecular complexity index is 277. The lowest BCUT2D eigenvalue weighted by molar-refractivity contribution is 0.330. The molecule has 1 heteroatoms. The van der Waals surface area contributed by atoms with Crippen molar-refractivity contribution >= 4 is 0 Å². The molecular formula is C14H21N. The fourth-order valence-corrected chi connectivity index (χ4v) is 2.14. The molecule has 1 nitrogen and oxygen atoms in total. The van der Waals surface area contributed by atoms with Crippen molar-refractivity contribution in [1.82, 2.24) is 5.32 Å². The molecule has 1 N–H and O–H groups in total. The Kier molecular flexibility index (Phi) is 3.79. The lowest BCUT2D eigenvalue weighted by atomic mass is 9.91.